The van der Waals surface area contributed by atoms with Crippen LogP contribution in [0.15, 0.2) is 121 Å². The van der Waals surface area contributed by atoms with Crippen molar-refractivity contribution >= 4 is 62.7 Å². The Morgan fingerprint density at radius 2 is 0.730 bits per heavy atom. The molecule has 334 valence electrons. The summed E-state index contributed by atoms with van der Waals surface area (Å²) in [6.07, 6.45) is 3.88. The summed E-state index contributed by atoms with van der Waals surface area (Å²) in [4.78, 5) is 0. The Balaban J connectivity index is 1.15. The maximum atomic E-state index is 6.62. The van der Waals surface area contributed by atoms with E-state index in [1.165, 1.54) is 44.2 Å². The summed E-state index contributed by atoms with van der Waals surface area (Å²) in [5.74, 6) is 5.90. The van der Waals surface area contributed by atoms with Gasteiger partial charge in [-0.2, -0.15) is 23.5 Å². The van der Waals surface area contributed by atoms with Gasteiger partial charge in [0.05, 0.1) is 18.6 Å². The van der Waals surface area contributed by atoms with Crippen molar-refractivity contribution in [2.75, 3.05) is 78.9 Å². The quantitative estimate of drug-likeness (QED) is 0.0387. The number of thioether (sulfide) groups is 2. The van der Waals surface area contributed by atoms with Gasteiger partial charge in [0.25, 0.3) is 0 Å². The van der Waals surface area contributed by atoms with Gasteiger partial charge in [0.15, 0.2) is 0 Å². The summed E-state index contributed by atoms with van der Waals surface area (Å²) in [6, 6.07) is 46.1. The van der Waals surface area contributed by atoms with Crippen molar-refractivity contribution in [2.24, 2.45) is 0 Å². The van der Waals surface area contributed by atoms with E-state index in [4.69, 9.17) is 36.0 Å². The van der Waals surface area contributed by atoms with E-state index in [1.54, 1.807) is 42.7 Å². The molecule has 0 aliphatic heterocycles. The molecular weight excluding hydrogens is 861 g/mol. The number of benzene rings is 6. The van der Waals surface area contributed by atoms with Crippen LogP contribution in [0.25, 0.3) is 32.7 Å². The van der Waals surface area contributed by atoms with Gasteiger partial charge >= 0.3 is 17.6 Å². The molecule has 12 heteroatoms. The van der Waals surface area contributed by atoms with Crippen molar-refractivity contribution in [1.29, 1.82) is 0 Å². The average molecular weight is 923 g/mol. The van der Waals surface area contributed by atoms with E-state index < -0.39 is 23.0 Å². The van der Waals surface area contributed by atoms with Gasteiger partial charge in [0, 0.05) is 65.5 Å². The summed E-state index contributed by atoms with van der Waals surface area (Å²) >= 11 is 3.87. The molecule has 0 saturated heterocycles. The molecule has 1 aliphatic rings. The fraction of sp³-hybridized carbons (Fsp3) is 0.373. The van der Waals surface area contributed by atoms with E-state index in [0.717, 1.165) is 83.1 Å². The predicted octanol–water partition coefficient (Wildman–Crippen LogP) is 11.9. The molecule has 63 heavy (non-hydrogen) atoms. The third-order valence-corrected chi connectivity index (χ3v) is 20.3. The molecule has 0 N–H and O–H groups in total. The minimum atomic E-state index is -2.53. The molecule has 6 aromatic carbocycles. The molecule has 0 amide bonds. The van der Waals surface area contributed by atoms with Gasteiger partial charge in [-0.25, -0.2) is 0 Å². The highest BCUT2D eigenvalue weighted by molar-refractivity contribution is 7.99. The van der Waals surface area contributed by atoms with Crippen molar-refractivity contribution in [3.63, 3.8) is 0 Å². The molecule has 0 aromatic heterocycles. The molecule has 0 fully saturated rings. The van der Waals surface area contributed by atoms with Crippen LogP contribution in [0.5, 0.6) is 11.5 Å². The van der Waals surface area contributed by atoms with Gasteiger partial charge in [0.1, 0.15) is 11.5 Å². The van der Waals surface area contributed by atoms with Crippen LogP contribution in [-0.4, -0.2) is 96.5 Å². The van der Waals surface area contributed by atoms with Crippen molar-refractivity contribution in [3.8, 4) is 22.6 Å². The molecule has 7 rings (SSSR count). The number of ether oxygens (including phenoxy) is 2. The zero-order valence-corrected chi connectivity index (χ0v) is 41.2. The van der Waals surface area contributed by atoms with Crippen LogP contribution in [-0.2, 0) is 32.0 Å². The highest BCUT2D eigenvalue weighted by atomic mass is 32.2. The Labute approximate surface area is 385 Å². The summed E-state index contributed by atoms with van der Waals surface area (Å²) in [5.41, 5.74) is 6.94. The monoisotopic (exact) mass is 922 g/mol. The predicted molar refractivity (Wildman–Crippen MR) is 266 cm³/mol. The third-order valence-electron chi connectivity index (χ3n) is 12.3. The summed E-state index contributed by atoms with van der Waals surface area (Å²) in [5, 5.41) is 4.59. The van der Waals surface area contributed by atoms with Gasteiger partial charge in [-0.1, -0.05) is 109 Å². The van der Waals surface area contributed by atoms with Crippen molar-refractivity contribution in [2.45, 2.75) is 43.2 Å². The molecule has 0 saturated carbocycles. The average Bonchev–Trinajstić information content (AvgIpc) is 3.64. The largest absolute Gasteiger partial charge is 0.500 e. The topological polar surface area (TPSA) is 73.8 Å². The van der Waals surface area contributed by atoms with E-state index in [0.29, 0.717) is 13.2 Å². The zero-order chi connectivity index (χ0) is 44.1. The Morgan fingerprint density at radius 3 is 1.14 bits per heavy atom. The second kappa shape index (κ2) is 22.5. The Bertz CT molecular complexity index is 2220. The lowest BCUT2D eigenvalue weighted by Gasteiger charge is -2.36. The minimum Gasteiger partial charge on any atom is -0.493 e. The van der Waals surface area contributed by atoms with E-state index in [1.807, 2.05) is 23.5 Å². The van der Waals surface area contributed by atoms with Gasteiger partial charge in [-0.05, 0) is 105 Å². The first-order chi connectivity index (χ1) is 30.9. The SMILES string of the molecule is CO[Si](CCCSCCCOc1cccc2c(C3(c4cccc5c(OCCCSCCC[Si](OC)(OC)OC)cccc45)c4ccccc4-c4ccccc43)cccc12)(OC)OC. The van der Waals surface area contributed by atoms with Crippen molar-refractivity contribution in [3.05, 3.63) is 144 Å². The van der Waals surface area contributed by atoms with Crippen molar-refractivity contribution in [1.82, 2.24) is 0 Å². The van der Waals surface area contributed by atoms with Gasteiger partial charge in [-0.15, -0.1) is 0 Å². The third kappa shape index (κ3) is 9.96. The summed E-state index contributed by atoms with van der Waals surface area (Å²) in [6.45, 7) is 1.29. The number of hydrogen-bond acceptors (Lipinski definition) is 10. The van der Waals surface area contributed by atoms with Crippen LogP contribution < -0.4 is 9.47 Å². The fourth-order valence-corrected chi connectivity index (χ4v) is 14.9. The van der Waals surface area contributed by atoms with Crippen LogP contribution in [0.2, 0.25) is 12.1 Å². The smallest absolute Gasteiger partial charge is 0.493 e. The lowest BCUT2D eigenvalue weighted by atomic mass is 9.65. The summed E-state index contributed by atoms with van der Waals surface area (Å²) in [7, 11) is 4.99. The molecule has 8 nitrogen and oxygen atoms in total. The van der Waals surface area contributed by atoms with Crippen LogP contribution in [0.1, 0.15) is 47.9 Å². The number of rotatable bonds is 26. The van der Waals surface area contributed by atoms with Crippen molar-refractivity contribution < 1.29 is 36.0 Å². The lowest BCUT2D eigenvalue weighted by Crippen LogP contribution is -2.42. The number of hydrogen-bond donors (Lipinski definition) is 0. The van der Waals surface area contributed by atoms with Gasteiger partial charge in [0.2, 0.25) is 0 Å². The summed E-state index contributed by atoms with van der Waals surface area (Å²) < 4.78 is 46.8. The zero-order valence-electron chi connectivity index (χ0n) is 37.6. The molecule has 0 spiro atoms. The van der Waals surface area contributed by atoms with E-state index >= 15 is 0 Å². The van der Waals surface area contributed by atoms with Gasteiger partial charge in [-0.3, -0.25) is 0 Å². The Morgan fingerprint density at radius 1 is 0.381 bits per heavy atom. The molecule has 1 aliphatic carbocycles. The van der Waals surface area contributed by atoms with Crippen LogP contribution in [0.3, 0.4) is 0 Å². The van der Waals surface area contributed by atoms with E-state index in [-0.39, 0.29) is 0 Å². The first-order valence-electron chi connectivity index (χ1n) is 21.9. The van der Waals surface area contributed by atoms with E-state index in [9.17, 15) is 0 Å². The maximum Gasteiger partial charge on any atom is 0.500 e. The van der Waals surface area contributed by atoms with Gasteiger partial charge < -0.3 is 36.0 Å². The second-order valence-corrected chi connectivity index (χ2v) is 24.2. The highest BCUT2D eigenvalue weighted by Crippen LogP contribution is 2.58. The first kappa shape index (κ1) is 47.3. The number of fused-ring (bicyclic) bond motifs is 5. The Kier molecular flexibility index (Phi) is 16.9. The normalized spacial score (nSPS) is 13.4. The van der Waals surface area contributed by atoms with Crippen LogP contribution in [0.4, 0.5) is 0 Å². The van der Waals surface area contributed by atoms with Crippen LogP contribution in [0, 0.1) is 0 Å². The minimum absolute atomic E-state index is 0.611. The standard InChI is InChI=1S/C51H62O8S2Si2/c1-52-62(53-2,54-3)37-17-35-60-33-15-31-58-49-29-13-21-41-43(49)23-11-27-47(41)51(45-25-9-7-19-39(45)40-20-8-10-26-46(40)51)48-28-12-24-44-42(48)22-14-30-50(44)59-32-16-34-61-36-18-38-63(55-4,56-5)57-6/h7-14,19-30H,15-18,31-38H2,1-6H3. The lowest BCUT2D eigenvalue weighted by molar-refractivity contribution is 0.123. The fourth-order valence-electron chi connectivity index (χ4n) is 9.21. The molecular formula is C51H62O8S2Si2. The molecule has 6 aromatic rings. The molecule has 0 heterocycles. The molecule has 0 unspecified atom stereocenters. The molecule has 0 bridgehead atoms. The first-order valence-corrected chi connectivity index (χ1v) is 28.1. The molecule has 0 atom stereocenters. The highest BCUT2D eigenvalue weighted by Gasteiger charge is 2.47. The van der Waals surface area contributed by atoms with E-state index in [2.05, 4.69) is 121 Å². The second-order valence-electron chi connectivity index (χ2n) is 15.6. The Hall–Kier alpha value is -3.67. The molecule has 0 radical (unpaired) electrons. The van der Waals surface area contributed by atoms with Crippen LogP contribution >= 0.6 is 23.5 Å². The maximum absolute atomic E-state index is 6.62.